The van der Waals surface area contributed by atoms with E-state index in [0.29, 0.717) is 12.8 Å². The molecule has 0 bridgehead atoms. The van der Waals surface area contributed by atoms with E-state index in [9.17, 15) is 28.8 Å². The van der Waals surface area contributed by atoms with Crippen molar-refractivity contribution in [3.05, 3.63) is 0 Å². The maximum absolute atomic E-state index is 12.9. The quantitative estimate of drug-likeness (QED) is 0.179. The van der Waals surface area contributed by atoms with Crippen LogP contribution in [-0.4, -0.2) is 71.7 Å². The van der Waals surface area contributed by atoms with Gasteiger partial charge >= 0.3 is 0 Å². The summed E-state index contributed by atoms with van der Waals surface area (Å²) in [5, 5.41) is 15.2. The molecule has 0 rings (SSSR count). The number of rotatable bonds is 13. The number of amides is 6. The van der Waals surface area contributed by atoms with Gasteiger partial charge < -0.3 is 31.9 Å². The van der Waals surface area contributed by atoms with Crippen LogP contribution in [0.15, 0.2) is 0 Å². The van der Waals surface area contributed by atoms with Gasteiger partial charge in [-0.1, -0.05) is 13.8 Å². The Morgan fingerprint density at radius 2 is 1.29 bits per heavy atom. The lowest BCUT2D eigenvalue weighted by Gasteiger charge is -2.32. The number of nitrogens with one attached hydrogen (secondary N) is 6. The molecule has 35 heavy (non-hydrogen) atoms. The van der Waals surface area contributed by atoms with Gasteiger partial charge in [-0.2, -0.15) is 0 Å². The van der Waals surface area contributed by atoms with Crippen LogP contribution in [0.3, 0.4) is 0 Å². The standard InChI is InChI=1S/C23H42N6O6/c1-14(2)10-15(18(33)28-23(8,9)20(35)29-21(3,4)5)26-16(31)12-25-19(34)22(6,7)27-17(32)11-24-13-30/h13-15H,10-12H2,1-9H3,(H,24,30)(H,25,34)(H,26,31)(H,27,32)(H,28,33)(H,29,35). The molecule has 12 heteroatoms. The predicted octanol–water partition coefficient (Wildman–Crippen LogP) is -0.916. The van der Waals surface area contributed by atoms with Crippen molar-refractivity contribution in [2.75, 3.05) is 13.1 Å². The molecule has 0 heterocycles. The Hall–Kier alpha value is -3.18. The van der Waals surface area contributed by atoms with Crippen molar-refractivity contribution in [1.29, 1.82) is 0 Å². The highest BCUT2D eigenvalue weighted by Crippen LogP contribution is 2.11. The first-order chi connectivity index (χ1) is 15.8. The summed E-state index contributed by atoms with van der Waals surface area (Å²) in [7, 11) is 0. The van der Waals surface area contributed by atoms with Crippen molar-refractivity contribution in [1.82, 2.24) is 31.9 Å². The zero-order valence-electron chi connectivity index (χ0n) is 22.3. The van der Waals surface area contributed by atoms with Crippen molar-refractivity contribution in [2.24, 2.45) is 5.92 Å². The van der Waals surface area contributed by atoms with E-state index in [1.54, 1.807) is 13.8 Å². The van der Waals surface area contributed by atoms with Gasteiger partial charge in [0, 0.05) is 5.54 Å². The Labute approximate surface area is 207 Å². The summed E-state index contributed by atoms with van der Waals surface area (Å²) < 4.78 is 0. The van der Waals surface area contributed by atoms with Gasteiger partial charge in [-0.05, 0) is 60.8 Å². The van der Waals surface area contributed by atoms with Crippen LogP contribution in [0.4, 0.5) is 0 Å². The second-order valence-electron chi connectivity index (χ2n) is 10.9. The highest BCUT2D eigenvalue weighted by atomic mass is 16.2. The molecule has 200 valence electrons. The van der Waals surface area contributed by atoms with E-state index in [-0.39, 0.29) is 18.4 Å². The van der Waals surface area contributed by atoms with Gasteiger partial charge in [0.2, 0.25) is 35.9 Å². The first-order valence-corrected chi connectivity index (χ1v) is 11.5. The minimum absolute atomic E-state index is 0.0567. The summed E-state index contributed by atoms with van der Waals surface area (Å²) in [6.45, 7) is 14.6. The van der Waals surface area contributed by atoms with Crippen molar-refractivity contribution in [2.45, 2.75) is 91.4 Å². The Bertz CT molecular complexity index is 801. The fourth-order valence-electron chi connectivity index (χ4n) is 2.86. The van der Waals surface area contributed by atoms with Crippen LogP contribution in [0, 0.1) is 5.92 Å². The lowest BCUT2D eigenvalue weighted by molar-refractivity contribution is -0.136. The Morgan fingerprint density at radius 1 is 0.743 bits per heavy atom. The van der Waals surface area contributed by atoms with E-state index in [4.69, 9.17) is 0 Å². The fourth-order valence-corrected chi connectivity index (χ4v) is 2.86. The van der Waals surface area contributed by atoms with Gasteiger partial charge in [0.05, 0.1) is 13.1 Å². The van der Waals surface area contributed by atoms with Gasteiger partial charge in [0.1, 0.15) is 17.1 Å². The summed E-state index contributed by atoms with van der Waals surface area (Å²) in [5.74, 6) is -2.65. The summed E-state index contributed by atoms with van der Waals surface area (Å²) in [6.07, 6.45) is 0.673. The molecule has 12 nitrogen and oxygen atoms in total. The van der Waals surface area contributed by atoms with Crippen LogP contribution in [0.25, 0.3) is 0 Å². The number of carbonyl (C=O) groups excluding carboxylic acids is 6. The van der Waals surface area contributed by atoms with Crippen LogP contribution < -0.4 is 31.9 Å². The maximum atomic E-state index is 12.9. The minimum atomic E-state index is -1.35. The smallest absolute Gasteiger partial charge is 0.245 e. The molecule has 0 aliphatic rings. The van der Waals surface area contributed by atoms with Gasteiger partial charge in [-0.15, -0.1) is 0 Å². The molecule has 1 atom stereocenters. The fraction of sp³-hybridized carbons (Fsp3) is 0.739. The first kappa shape index (κ1) is 31.8. The summed E-state index contributed by atoms with van der Waals surface area (Å²) in [4.78, 5) is 72.5. The zero-order chi connectivity index (χ0) is 27.6. The molecule has 6 amide bonds. The van der Waals surface area contributed by atoms with Crippen molar-refractivity contribution in [3.8, 4) is 0 Å². The average molecular weight is 499 g/mol. The molecule has 0 aliphatic carbocycles. The molecule has 0 aromatic heterocycles. The van der Waals surface area contributed by atoms with E-state index in [2.05, 4.69) is 31.9 Å². The molecule has 6 N–H and O–H groups in total. The third kappa shape index (κ3) is 12.7. The van der Waals surface area contributed by atoms with E-state index in [0.717, 1.165) is 0 Å². The topological polar surface area (TPSA) is 175 Å². The van der Waals surface area contributed by atoms with E-state index in [1.807, 2.05) is 34.6 Å². The van der Waals surface area contributed by atoms with Crippen molar-refractivity contribution >= 4 is 35.9 Å². The second kappa shape index (κ2) is 13.1. The molecule has 0 saturated heterocycles. The molecule has 0 radical (unpaired) electrons. The minimum Gasteiger partial charge on any atom is -0.350 e. The lowest BCUT2D eigenvalue weighted by atomic mass is 9.98. The monoisotopic (exact) mass is 498 g/mol. The van der Waals surface area contributed by atoms with Crippen molar-refractivity contribution < 1.29 is 28.8 Å². The lowest BCUT2D eigenvalue weighted by Crippen LogP contribution is -2.62. The number of carbonyl (C=O) groups is 6. The van der Waals surface area contributed by atoms with Crippen molar-refractivity contribution in [3.63, 3.8) is 0 Å². The highest BCUT2D eigenvalue weighted by molar-refractivity contribution is 5.96. The van der Waals surface area contributed by atoms with Crippen LogP contribution in [-0.2, 0) is 28.8 Å². The largest absolute Gasteiger partial charge is 0.350 e. The molecule has 0 spiro atoms. The zero-order valence-corrected chi connectivity index (χ0v) is 22.3. The second-order valence-corrected chi connectivity index (χ2v) is 10.9. The normalized spacial score (nSPS) is 12.7. The van der Waals surface area contributed by atoms with Crippen LogP contribution in [0.1, 0.15) is 68.7 Å². The molecular formula is C23H42N6O6. The summed E-state index contributed by atoms with van der Waals surface area (Å²) >= 11 is 0. The van der Waals surface area contributed by atoms with Crippen LogP contribution >= 0.6 is 0 Å². The molecule has 0 fully saturated rings. The van der Waals surface area contributed by atoms with Gasteiger partial charge in [0.15, 0.2) is 0 Å². The molecular weight excluding hydrogens is 456 g/mol. The molecule has 0 aliphatic heterocycles. The third-order valence-corrected chi connectivity index (χ3v) is 4.63. The number of hydrogen-bond acceptors (Lipinski definition) is 6. The predicted molar refractivity (Wildman–Crippen MR) is 131 cm³/mol. The van der Waals surface area contributed by atoms with Gasteiger partial charge in [0.25, 0.3) is 0 Å². The Balaban J connectivity index is 5.11. The maximum Gasteiger partial charge on any atom is 0.245 e. The highest BCUT2D eigenvalue weighted by Gasteiger charge is 2.35. The summed E-state index contributed by atoms with van der Waals surface area (Å²) in [6, 6.07) is -0.928. The first-order valence-electron chi connectivity index (χ1n) is 11.5. The van der Waals surface area contributed by atoms with Crippen LogP contribution in [0.5, 0.6) is 0 Å². The molecule has 0 aromatic carbocycles. The van der Waals surface area contributed by atoms with E-state index < -0.39 is 52.8 Å². The number of hydrogen-bond donors (Lipinski definition) is 6. The molecule has 1 unspecified atom stereocenters. The summed E-state index contributed by atoms with van der Waals surface area (Å²) in [5.41, 5.74) is -3.05. The van der Waals surface area contributed by atoms with Crippen LogP contribution in [0.2, 0.25) is 0 Å². The Morgan fingerprint density at radius 3 is 1.77 bits per heavy atom. The van der Waals surface area contributed by atoms with Gasteiger partial charge in [-0.25, -0.2) is 0 Å². The molecule has 0 saturated carbocycles. The average Bonchev–Trinajstić information content (AvgIpc) is 2.67. The molecule has 0 aromatic rings. The van der Waals surface area contributed by atoms with E-state index >= 15 is 0 Å². The third-order valence-electron chi connectivity index (χ3n) is 4.63. The Kier molecular flexibility index (Phi) is 11.9. The SMILES string of the molecule is CC(C)CC(NC(=O)CNC(=O)C(C)(C)NC(=O)CNC=O)C(=O)NC(C)(C)C(=O)NC(C)(C)C. The van der Waals surface area contributed by atoms with Gasteiger partial charge in [-0.3, -0.25) is 28.8 Å². The van der Waals surface area contributed by atoms with E-state index in [1.165, 1.54) is 13.8 Å².